The number of rotatable bonds is 7. The van der Waals surface area contributed by atoms with Crippen LogP contribution in [0.1, 0.15) is 20.3 Å². The zero-order valence-electron chi connectivity index (χ0n) is 12.5. The number of carboxylic acid groups (broad SMARTS) is 1. The summed E-state index contributed by atoms with van der Waals surface area (Å²) in [6.45, 7) is 3.24. The molecule has 0 rings (SSSR count). The maximum Gasteiger partial charge on any atom is 0.326 e. The van der Waals surface area contributed by atoms with Crippen LogP contribution in [0.15, 0.2) is 0 Å². The van der Waals surface area contributed by atoms with Crippen LogP contribution in [0.3, 0.4) is 0 Å². The lowest BCUT2D eigenvalue weighted by Gasteiger charge is -2.23. The highest BCUT2D eigenvalue weighted by Crippen LogP contribution is 2.12. The van der Waals surface area contributed by atoms with Gasteiger partial charge in [-0.3, -0.25) is 9.59 Å². The van der Waals surface area contributed by atoms with Crippen molar-refractivity contribution in [3.63, 3.8) is 0 Å². The predicted octanol–water partition coefficient (Wildman–Crippen LogP) is -0.926. The minimum Gasteiger partial charge on any atom is -0.480 e. The number of methoxy groups -OCH3 is 1. The number of hydrogen-bond donors (Lipinski definition) is 4. The third-order valence-electron chi connectivity index (χ3n) is 2.73. The van der Waals surface area contributed by atoms with Crippen LogP contribution in [0.5, 0.6) is 0 Å². The Labute approximate surface area is 122 Å². The number of carbonyl (C=O) groups is 4. The smallest absolute Gasteiger partial charge is 0.326 e. The lowest BCUT2D eigenvalue weighted by Crippen LogP contribution is -2.50. The van der Waals surface area contributed by atoms with Crippen LogP contribution in [0.25, 0.3) is 0 Å². The van der Waals surface area contributed by atoms with Gasteiger partial charge in [-0.2, -0.15) is 0 Å². The monoisotopic (exact) mass is 303 g/mol. The van der Waals surface area contributed by atoms with E-state index in [0.717, 1.165) is 7.11 Å². The van der Waals surface area contributed by atoms with Crippen LogP contribution in [0, 0.1) is 5.41 Å². The molecule has 9 nitrogen and oxygen atoms in total. The van der Waals surface area contributed by atoms with E-state index in [-0.39, 0.29) is 12.5 Å². The number of amides is 3. The van der Waals surface area contributed by atoms with E-state index in [1.54, 1.807) is 13.8 Å². The Morgan fingerprint density at radius 3 is 2.24 bits per heavy atom. The molecule has 120 valence electrons. The normalized spacial score (nSPS) is 12.0. The lowest BCUT2D eigenvalue weighted by molar-refractivity contribution is -0.147. The third kappa shape index (κ3) is 6.59. The van der Waals surface area contributed by atoms with Gasteiger partial charge < -0.3 is 25.8 Å². The summed E-state index contributed by atoms with van der Waals surface area (Å²) in [4.78, 5) is 45.1. The fourth-order valence-corrected chi connectivity index (χ4v) is 1.38. The van der Waals surface area contributed by atoms with Crippen LogP contribution in [-0.2, 0) is 19.1 Å². The highest BCUT2D eigenvalue weighted by molar-refractivity contribution is 5.87. The fraction of sp³-hybridized carbons (Fsp3) is 0.667. The summed E-state index contributed by atoms with van der Waals surface area (Å²) < 4.78 is 4.35. The van der Waals surface area contributed by atoms with Crippen molar-refractivity contribution < 1.29 is 29.0 Å². The number of nitrogens with one attached hydrogen (secondary N) is 3. The number of carbonyl (C=O) groups excluding carboxylic acids is 3. The molecule has 21 heavy (non-hydrogen) atoms. The second kappa shape index (κ2) is 8.08. The lowest BCUT2D eigenvalue weighted by atomic mass is 9.92. The topological polar surface area (TPSA) is 134 Å². The van der Waals surface area contributed by atoms with E-state index in [0.29, 0.717) is 0 Å². The molecule has 0 aromatic heterocycles. The summed E-state index contributed by atoms with van der Waals surface area (Å²) in [6.07, 6.45) is -0.488. The van der Waals surface area contributed by atoms with Gasteiger partial charge in [0.2, 0.25) is 5.91 Å². The average molecular weight is 303 g/mol. The van der Waals surface area contributed by atoms with E-state index < -0.39 is 35.8 Å². The van der Waals surface area contributed by atoms with E-state index in [1.807, 2.05) is 0 Å². The Balaban J connectivity index is 4.49. The van der Waals surface area contributed by atoms with Gasteiger partial charge >= 0.3 is 18.0 Å². The summed E-state index contributed by atoms with van der Waals surface area (Å²) in [7, 11) is 2.59. The van der Waals surface area contributed by atoms with Crippen molar-refractivity contribution in [3.8, 4) is 0 Å². The van der Waals surface area contributed by atoms with Crippen LogP contribution >= 0.6 is 0 Å². The Bertz CT molecular complexity index is 421. The molecule has 0 bridgehead atoms. The molecule has 0 aliphatic heterocycles. The number of hydrogen-bond acceptors (Lipinski definition) is 5. The van der Waals surface area contributed by atoms with Crippen molar-refractivity contribution in [2.24, 2.45) is 5.41 Å². The molecular formula is C12H21N3O6. The molecular weight excluding hydrogens is 282 g/mol. The summed E-state index contributed by atoms with van der Waals surface area (Å²) in [6, 6.07) is -2.19. The molecule has 0 saturated carbocycles. The quantitative estimate of drug-likeness (QED) is 0.449. The second-order valence-corrected chi connectivity index (χ2v) is 4.96. The largest absolute Gasteiger partial charge is 0.480 e. The van der Waals surface area contributed by atoms with Crippen molar-refractivity contribution >= 4 is 23.9 Å². The van der Waals surface area contributed by atoms with E-state index in [9.17, 15) is 19.2 Å². The number of carboxylic acids is 1. The van der Waals surface area contributed by atoms with Gasteiger partial charge in [-0.05, 0) is 13.8 Å². The molecule has 9 heteroatoms. The Morgan fingerprint density at radius 1 is 1.24 bits per heavy atom. The van der Waals surface area contributed by atoms with Crippen LogP contribution in [0.4, 0.5) is 4.79 Å². The molecule has 0 heterocycles. The van der Waals surface area contributed by atoms with E-state index in [1.165, 1.54) is 7.05 Å². The fourth-order valence-electron chi connectivity index (χ4n) is 1.38. The number of aliphatic carboxylic acids is 1. The van der Waals surface area contributed by atoms with E-state index in [2.05, 4.69) is 20.7 Å². The maximum atomic E-state index is 11.6. The molecule has 4 N–H and O–H groups in total. The zero-order valence-corrected chi connectivity index (χ0v) is 12.5. The van der Waals surface area contributed by atoms with Gasteiger partial charge in [-0.25, -0.2) is 9.59 Å². The molecule has 0 aromatic rings. The molecule has 0 aromatic carbocycles. The number of esters is 1. The van der Waals surface area contributed by atoms with Gasteiger partial charge in [0.1, 0.15) is 6.04 Å². The van der Waals surface area contributed by atoms with Crippen molar-refractivity contribution in [1.29, 1.82) is 0 Å². The summed E-state index contributed by atoms with van der Waals surface area (Å²) in [5, 5.41) is 15.9. The number of urea groups is 1. The molecule has 0 radical (unpaired) electrons. The first-order valence-electron chi connectivity index (χ1n) is 6.20. The first-order valence-corrected chi connectivity index (χ1v) is 6.20. The van der Waals surface area contributed by atoms with Crippen molar-refractivity contribution in [2.45, 2.75) is 26.3 Å². The molecule has 0 aliphatic rings. The molecule has 3 amide bonds. The molecule has 1 atom stereocenters. The minimum atomic E-state index is -1.40. The van der Waals surface area contributed by atoms with Crippen LogP contribution < -0.4 is 16.0 Å². The first kappa shape index (κ1) is 18.7. The summed E-state index contributed by atoms with van der Waals surface area (Å²) in [5.74, 6) is -2.39. The van der Waals surface area contributed by atoms with Gasteiger partial charge in [-0.15, -0.1) is 0 Å². The minimum absolute atomic E-state index is 0.00305. The highest BCUT2D eigenvalue weighted by Gasteiger charge is 2.28. The van der Waals surface area contributed by atoms with Crippen LogP contribution in [-0.4, -0.2) is 55.7 Å². The summed E-state index contributed by atoms with van der Waals surface area (Å²) >= 11 is 0. The summed E-state index contributed by atoms with van der Waals surface area (Å²) in [5.41, 5.74) is -0.854. The standard InChI is InChI=1S/C12H21N3O6/c1-12(2,10(19)13-3)6-14-11(20)15-7(9(17)18)5-8(16)21-4/h7H,5-6H2,1-4H3,(H,13,19)(H,17,18)(H2,14,15,20)/t7-/m0/s1. The van der Waals surface area contributed by atoms with Crippen LogP contribution in [0.2, 0.25) is 0 Å². The maximum absolute atomic E-state index is 11.6. The Hall–Kier alpha value is -2.32. The van der Waals surface area contributed by atoms with Crippen molar-refractivity contribution in [2.75, 3.05) is 20.7 Å². The van der Waals surface area contributed by atoms with Gasteiger partial charge in [-0.1, -0.05) is 0 Å². The van der Waals surface area contributed by atoms with Gasteiger partial charge in [0.05, 0.1) is 18.9 Å². The highest BCUT2D eigenvalue weighted by atomic mass is 16.5. The Morgan fingerprint density at radius 2 is 1.81 bits per heavy atom. The number of ether oxygens (including phenoxy) is 1. The van der Waals surface area contributed by atoms with Gasteiger partial charge in [0.25, 0.3) is 0 Å². The Kier molecular flexibility index (Phi) is 7.18. The molecule has 0 saturated heterocycles. The van der Waals surface area contributed by atoms with Crippen molar-refractivity contribution in [1.82, 2.24) is 16.0 Å². The molecule has 0 spiro atoms. The molecule has 0 aliphatic carbocycles. The van der Waals surface area contributed by atoms with Crippen molar-refractivity contribution in [3.05, 3.63) is 0 Å². The van der Waals surface area contributed by atoms with Gasteiger partial charge in [0.15, 0.2) is 0 Å². The van der Waals surface area contributed by atoms with E-state index >= 15 is 0 Å². The SMILES string of the molecule is CNC(=O)C(C)(C)CNC(=O)N[C@@H](CC(=O)OC)C(=O)O. The first-order chi connectivity index (χ1) is 9.63. The van der Waals surface area contributed by atoms with E-state index in [4.69, 9.17) is 5.11 Å². The molecule has 0 fully saturated rings. The zero-order chi connectivity index (χ0) is 16.6. The van der Waals surface area contributed by atoms with Gasteiger partial charge in [0, 0.05) is 13.6 Å². The third-order valence-corrected chi connectivity index (χ3v) is 2.73. The molecule has 0 unspecified atom stereocenters. The average Bonchev–Trinajstić information content (AvgIpc) is 2.43. The predicted molar refractivity (Wildman–Crippen MR) is 72.4 cm³/mol. The second-order valence-electron chi connectivity index (χ2n) is 4.96.